The maximum absolute atomic E-state index is 13.3. The molecule has 1 heterocycles. The highest BCUT2D eigenvalue weighted by Gasteiger charge is 2.24. The molecule has 0 aliphatic heterocycles. The Bertz CT molecular complexity index is 1570. The van der Waals surface area contributed by atoms with Gasteiger partial charge in [-0.1, -0.05) is 66.5 Å². The third-order valence-corrected chi connectivity index (χ3v) is 6.99. The summed E-state index contributed by atoms with van der Waals surface area (Å²) in [6.07, 6.45) is 0.547. The summed E-state index contributed by atoms with van der Waals surface area (Å²) < 4.78 is 6.27. The Hall–Kier alpha value is -4.14. The molecule has 0 spiro atoms. The number of ether oxygens (including phenoxy) is 1. The van der Waals surface area contributed by atoms with E-state index in [1.807, 2.05) is 31.2 Å². The van der Waals surface area contributed by atoms with Crippen molar-refractivity contribution >= 4 is 63.2 Å². The predicted octanol–water partition coefficient (Wildman–Crippen LogP) is 6.67. The van der Waals surface area contributed by atoms with Gasteiger partial charge < -0.3 is 20.3 Å². The highest BCUT2D eigenvalue weighted by Crippen LogP contribution is 2.39. The van der Waals surface area contributed by atoms with Crippen LogP contribution in [0.2, 0.25) is 10.0 Å². The Balaban J connectivity index is 1.58. The second-order valence-corrected chi connectivity index (χ2v) is 9.81. The van der Waals surface area contributed by atoms with Gasteiger partial charge in [0.2, 0.25) is 5.91 Å². The van der Waals surface area contributed by atoms with Crippen LogP contribution >= 0.6 is 23.2 Å². The van der Waals surface area contributed by atoms with Crippen molar-refractivity contribution in [3.05, 3.63) is 93.6 Å². The van der Waals surface area contributed by atoms with Crippen LogP contribution in [0.5, 0.6) is 5.75 Å². The van der Waals surface area contributed by atoms with Crippen molar-refractivity contribution in [2.45, 2.75) is 26.9 Å². The molecule has 2 N–H and O–H groups in total. The number of benzene rings is 3. The van der Waals surface area contributed by atoms with E-state index in [-0.39, 0.29) is 24.8 Å². The fraction of sp³-hybridized carbons (Fsp3) is 0.200. The van der Waals surface area contributed by atoms with Crippen LogP contribution in [0.15, 0.2) is 66.7 Å². The Morgan fingerprint density at radius 3 is 2.38 bits per heavy atom. The van der Waals surface area contributed by atoms with Gasteiger partial charge in [0.05, 0.1) is 23.4 Å². The molecule has 0 radical (unpaired) electrons. The molecule has 1 aromatic heterocycles. The minimum Gasteiger partial charge on any atom is -0.485 e. The zero-order valence-corrected chi connectivity index (χ0v) is 23.8. The lowest BCUT2D eigenvalue weighted by atomic mass is 10.1. The number of ketones is 1. The topological polar surface area (TPSA) is 101 Å². The van der Waals surface area contributed by atoms with Crippen molar-refractivity contribution in [2.24, 2.45) is 0 Å². The van der Waals surface area contributed by atoms with Crippen molar-refractivity contribution in [1.29, 1.82) is 0 Å². The third kappa shape index (κ3) is 6.52. The van der Waals surface area contributed by atoms with Crippen molar-refractivity contribution < 1.29 is 19.1 Å². The van der Waals surface area contributed by atoms with Crippen LogP contribution in [-0.4, -0.2) is 36.3 Å². The summed E-state index contributed by atoms with van der Waals surface area (Å²) in [4.78, 5) is 43.7. The van der Waals surface area contributed by atoms with Gasteiger partial charge in [0, 0.05) is 39.3 Å². The summed E-state index contributed by atoms with van der Waals surface area (Å²) in [7, 11) is 1.62. The van der Waals surface area contributed by atoms with E-state index in [1.54, 1.807) is 49.5 Å². The smallest absolute Gasteiger partial charge is 0.319 e. The number of aromatic nitrogens is 1. The van der Waals surface area contributed by atoms with Crippen LogP contribution in [0.25, 0.3) is 10.9 Å². The first-order chi connectivity index (χ1) is 19.2. The Morgan fingerprint density at radius 1 is 0.975 bits per heavy atom. The number of rotatable bonds is 9. The first-order valence-electron chi connectivity index (χ1n) is 12.6. The number of halogens is 2. The second-order valence-electron chi connectivity index (χ2n) is 8.99. The number of para-hydroxylation sites is 1. The normalized spacial score (nSPS) is 10.7. The number of amides is 3. The van der Waals surface area contributed by atoms with E-state index in [2.05, 4.69) is 10.6 Å². The number of fused-ring (bicyclic) bond motifs is 1. The number of anilines is 2. The molecule has 8 nitrogen and oxygen atoms in total. The fourth-order valence-corrected chi connectivity index (χ4v) is 4.66. The number of hydrogen-bond donors (Lipinski definition) is 2. The van der Waals surface area contributed by atoms with Crippen LogP contribution in [-0.2, 0) is 17.8 Å². The molecule has 4 rings (SSSR count). The molecule has 3 aromatic carbocycles. The van der Waals surface area contributed by atoms with Crippen molar-refractivity contribution in [2.75, 3.05) is 23.8 Å². The molecule has 0 aliphatic rings. The van der Waals surface area contributed by atoms with Crippen molar-refractivity contribution in [3.63, 3.8) is 0 Å². The number of carbonyl (C=O) groups is 3. The average molecular weight is 579 g/mol. The minimum absolute atomic E-state index is 0.0700. The summed E-state index contributed by atoms with van der Waals surface area (Å²) in [6, 6.07) is 18.6. The lowest BCUT2D eigenvalue weighted by molar-refractivity contribution is -0.117. The van der Waals surface area contributed by atoms with Gasteiger partial charge in [-0.3, -0.25) is 9.59 Å². The molecule has 0 bridgehead atoms. The van der Waals surface area contributed by atoms with Crippen LogP contribution in [0.3, 0.4) is 0 Å². The number of aryl methyl sites for hydroxylation is 1. The molecule has 0 unspecified atom stereocenters. The number of nitrogens with zero attached hydrogens (tertiary/aromatic N) is 2. The summed E-state index contributed by atoms with van der Waals surface area (Å²) in [5.74, 6) is -0.0723. The summed E-state index contributed by atoms with van der Waals surface area (Å²) in [5, 5.41) is 6.87. The van der Waals surface area contributed by atoms with E-state index in [9.17, 15) is 14.4 Å². The Kier molecular flexibility index (Phi) is 9.24. The van der Waals surface area contributed by atoms with Crippen LogP contribution in [0.1, 0.15) is 35.5 Å². The van der Waals surface area contributed by atoms with Gasteiger partial charge in [-0.05, 0) is 43.7 Å². The van der Waals surface area contributed by atoms with Gasteiger partial charge in [-0.2, -0.15) is 0 Å². The first kappa shape index (κ1) is 28.9. The fourth-order valence-electron chi connectivity index (χ4n) is 4.16. The quantitative estimate of drug-likeness (QED) is 0.216. The lowest BCUT2D eigenvalue weighted by Crippen LogP contribution is -2.40. The van der Waals surface area contributed by atoms with Gasteiger partial charge in [-0.15, -0.1) is 0 Å². The van der Waals surface area contributed by atoms with Gasteiger partial charge in [0.25, 0.3) is 0 Å². The molecule has 0 saturated carbocycles. The maximum Gasteiger partial charge on any atom is 0.319 e. The molecule has 3 amide bonds. The Morgan fingerprint density at radius 2 is 1.68 bits per heavy atom. The van der Waals surface area contributed by atoms with Crippen molar-refractivity contribution in [1.82, 2.24) is 10.3 Å². The third-order valence-electron chi connectivity index (χ3n) is 6.29. The first-order valence-corrected chi connectivity index (χ1v) is 13.3. The van der Waals surface area contributed by atoms with Crippen molar-refractivity contribution in [3.8, 4) is 5.75 Å². The molecule has 0 fully saturated rings. The van der Waals surface area contributed by atoms with E-state index < -0.39 is 6.03 Å². The largest absolute Gasteiger partial charge is 0.485 e. The number of pyridine rings is 1. The number of likely N-dealkylation sites (N-methyl/N-ethyl adjacent to an activating group) is 1. The molecule has 0 saturated heterocycles. The van der Waals surface area contributed by atoms with E-state index in [0.717, 1.165) is 0 Å². The van der Waals surface area contributed by atoms with E-state index in [1.165, 1.54) is 11.8 Å². The zero-order valence-electron chi connectivity index (χ0n) is 22.3. The molecule has 206 valence electrons. The molecular weight excluding hydrogens is 551 g/mol. The average Bonchev–Trinajstić information content (AvgIpc) is 2.94. The monoisotopic (exact) mass is 578 g/mol. The van der Waals surface area contributed by atoms with Crippen LogP contribution in [0.4, 0.5) is 16.2 Å². The van der Waals surface area contributed by atoms with Gasteiger partial charge >= 0.3 is 6.03 Å². The van der Waals surface area contributed by atoms with Gasteiger partial charge in [0.15, 0.2) is 11.5 Å². The molecule has 0 atom stereocenters. The molecule has 0 aliphatic carbocycles. The minimum atomic E-state index is -0.582. The number of carbonyl (C=O) groups excluding carboxylic acids is 3. The summed E-state index contributed by atoms with van der Waals surface area (Å²) in [5.41, 5.74) is 3.41. The standard InChI is InChI=1S/C30H28Cl2N4O4/c1-4-25-29(40-17-22-23(31)12-8-13-24(22)32)28(21-11-5-6-14-26(21)35-25)36(3)27(38)16-33-30(39)34-20-10-7-9-19(15-20)18(2)37/h5-15H,4,16-17H2,1-3H3,(H2,33,34,39). The van der Waals surface area contributed by atoms with E-state index in [4.69, 9.17) is 32.9 Å². The number of urea groups is 1. The lowest BCUT2D eigenvalue weighted by Gasteiger charge is -2.25. The molecule has 4 aromatic rings. The molecule has 40 heavy (non-hydrogen) atoms. The highest BCUT2D eigenvalue weighted by molar-refractivity contribution is 6.36. The maximum atomic E-state index is 13.3. The number of Topliss-reactive ketones (excluding diaryl/α,β-unsaturated/α-hetero) is 1. The van der Waals surface area contributed by atoms with Crippen LogP contribution in [0, 0.1) is 0 Å². The van der Waals surface area contributed by atoms with E-state index in [0.29, 0.717) is 61.3 Å². The SMILES string of the molecule is CCc1nc2ccccc2c(N(C)C(=O)CNC(=O)Nc2cccc(C(C)=O)c2)c1OCc1c(Cl)cccc1Cl. The van der Waals surface area contributed by atoms with E-state index >= 15 is 0 Å². The van der Waals surface area contributed by atoms with Gasteiger partial charge in [0.1, 0.15) is 6.61 Å². The summed E-state index contributed by atoms with van der Waals surface area (Å²) in [6.45, 7) is 3.18. The molecule has 10 heteroatoms. The highest BCUT2D eigenvalue weighted by atomic mass is 35.5. The molecular formula is C30H28Cl2N4O4. The van der Waals surface area contributed by atoms with Gasteiger partial charge in [-0.25, -0.2) is 9.78 Å². The van der Waals surface area contributed by atoms with Crippen LogP contribution < -0.4 is 20.3 Å². The number of hydrogen-bond acceptors (Lipinski definition) is 5. The number of nitrogens with one attached hydrogen (secondary N) is 2. The summed E-state index contributed by atoms with van der Waals surface area (Å²) >= 11 is 12.7. The predicted molar refractivity (Wildman–Crippen MR) is 159 cm³/mol. The Labute approximate surface area is 242 Å². The second kappa shape index (κ2) is 12.8. The zero-order chi connectivity index (χ0) is 28.8.